The molecule has 0 spiro atoms. The molecular formula is C23H18N6O6. The second-order valence-corrected chi connectivity index (χ2v) is 7.46. The standard InChI is InChI=1S/C23H18N6O6/c1-15-12-22(29(33)34)26-27(15)14-16-2-4-18(5-3-16)23(30)25-24-13-20-10-11-21(35-20)17-6-8-19(9-7-17)28(31)32/h2-13H,14H2,1H3,(H,25,30)/b24-13-. The van der Waals surface area contributed by atoms with Gasteiger partial charge in [0.05, 0.1) is 34.5 Å². The minimum Gasteiger partial charge on any atom is -0.455 e. The van der Waals surface area contributed by atoms with Gasteiger partial charge >= 0.3 is 5.82 Å². The number of aromatic nitrogens is 2. The Morgan fingerprint density at radius 3 is 2.40 bits per heavy atom. The molecule has 0 aliphatic carbocycles. The van der Waals surface area contributed by atoms with E-state index in [1.54, 1.807) is 55.5 Å². The van der Waals surface area contributed by atoms with Crippen LogP contribution in [0.5, 0.6) is 0 Å². The molecule has 0 radical (unpaired) electrons. The first-order chi connectivity index (χ1) is 16.8. The van der Waals surface area contributed by atoms with Crippen molar-refractivity contribution in [2.75, 3.05) is 0 Å². The molecular weight excluding hydrogens is 456 g/mol. The molecule has 176 valence electrons. The minimum atomic E-state index is -0.545. The van der Waals surface area contributed by atoms with Crippen molar-refractivity contribution < 1.29 is 19.1 Å². The monoisotopic (exact) mass is 474 g/mol. The number of carbonyl (C=O) groups is 1. The van der Waals surface area contributed by atoms with Gasteiger partial charge in [-0.1, -0.05) is 12.1 Å². The van der Waals surface area contributed by atoms with Gasteiger partial charge < -0.3 is 14.5 Å². The van der Waals surface area contributed by atoms with Crippen LogP contribution in [0.25, 0.3) is 11.3 Å². The van der Waals surface area contributed by atoms with Crippen LogP contribution in [0.2, 0.25) is 0 Å². The Kier molecular flexibility index (Phi) is 6.44. The highest BCUT2D eigenvalue weighted by molar-refractivity contribution is 5.94. The Hall–Kier alpha value is -5.13. The second-order valence-electron chi connectivity index (χ2n) is 7.46. The van der Waals surface area contributed by atoms with E-state index in [1.807, 2.05) is 0 Å². The summed E-state index contributed by atoms with van der Waals surface area (Å²) in [7, 11) is 0. The average molecular weight is 474 g/mol. The number of nitrogens with one attached hydrogen (secondary N) is 1. The molecule has 1 amide bonds. The van der Waals surface area contributed by atoms with Crippen LogP contribution in [0.15, 0.2) is 76.2 Å². The highest BCUT2D eigenvalue weighted by Crippen LogP contribution is 2.24. The van der Waals surface area contributed by atoms with E-state index in [9.17, 15) is 25.0 Å². The lowest BCUT2D eigenvalue weighted by molar-refractivity contribution is -0.389. The predicted molar refractivity (Wildman–Crippen MR) is 125 cm³/mol. The Morgan fingerprint density at radius 1 is 1.06 bits per heavy atom. The van der Waals surface area contributed by atoms with Crippen LogP contribution < -0.4 is 5.43 Å². The van der Waals surface area contributed by atoms with Gasteiger partial charge in [-0.2, -0.15) is 9.78 Å². The summed E-state index contributed by atoms with van der Waals surface area (Å²) in [4.78, 5) is 32.9. The Morgan fingerprint density at radius 2 is 1.77 bits per heavy atom. The van der Waals surface area contributed by atoms with Crippen molar-refractivity contribution in [2.24, 2.45) is 5.10 Å². The Labute approximate surface area is 197 Å². The first-order valence-corrected chi connectivity index (χ1v) is 10.3. The fraction of sp³-hybridized carbons (Fsp3) is 0.0870. The SMILES string of the molecule is Cc1cc([N+](=O)[O-])nn1Cc1ccc(C(=O)N/N=C\c2ccc(-c3ccc([N+](=O)[O-])cc3)o2)cc1. The van der Waals surface area contributed by atoms with E-state index in [-0.39, 0.29) is 11.5 Å². The molecule has 0 fully saturated rings. The number of non-ortho nitro benzene ring substituents is 1. The topological polar surface area (TPSA) is 159 Å². The number of amides is 1. The summed E-state index contributed by atoms with van der Waals surface area (Å²) in [6.07, 6.45) is 1.34. The van der Waals surface area contributed by atoms with Gasteiger partial charge in [0.2, 0.25) is 0 Å². The third-order valence-corrected chi connectivity index (χ3v) is 5.05. The molecule has 4 aromatic rings. The van der Waals surface area contributed by atoms with Crippen molar-refractivity contribution in [1.82, 2.24) is 15.2 Å². The van der Waals surface area contributed by atoms with E-state index in [0.717, 1.165) is 5.56 Å². The smallest absolute Gasteiger partial charge is 0.390 e. The van der Waals surface area contributed by atoms with Crippen molar-refractivity contribution in [1.29, 1.82) is 0 Å². The molecule has 12 nitrogen and oxygen atoms in total. The van der Waals surface area contributed by atoms with Crippen LogP contribution in [0, 0.1) is 27.2 Å². The number of nitro benzene ring substituents is 1. The van der Waals surface area contributed by atoms with E-state index in [0.29, 0.717) is 34.9 Å². The molecule has 0 saturated carbocycles. The molecule has 0 saturated heterocycles. The molecule has 35 heavy (non-hydrogen) atoms. The normalized spacial score (nSPS) is 11.0. The highest BCUT2D eigenvalue weighted by Gasteiger charge is 2.15. The van der Waals surface area contributed by atoms with Crippen molar-refractivity contribution >= 4 is 23.6 Å². The van der Waals surface area contributed by atoms with Gasteiger partial charge in [-0.3, -0.25) is 14.9 Å². The van der Waals surface area contributed by atoms with Gasteiger partial charge in [0.25, 0.3) is 11.6 Å². The van der Waals surface area contributed by atoms with Crippen molar-refractivity contribution in [3.8, 4) is 11.3 Å². The van der Waals surface area contributed by atoms with Gasteiger partial charge in [-0.15, -0.1) is 0 Å². The number of hydrazone groups is 1. The first-order valence-electron chi connectivity index (χ1n) is 10.3. The minimum absolute atomic E-state index is 0.0155. The number of benzene rings is 2. The van der Waals surface area contributed by atoms with Crippen LogP contribution in [0.1, 0.15) is 27.4 Å². The van der Waals surface area contributed by atoms with Gasteiger partial charge in [-0.05, 0) is 53.8 Å². The molecule has 0 bridgehead atoms. The zero-order chi connectivity index (χ0) is 24.9. The van der Waals surface area contributed by atoms with Crippen molar-refractivity contribution in [3.05, 3.63) is 110 Å². The molecule has 0 unspecified atom stereocenters. The van der Waals surface area contributed by atoms with Crippen LogP contribution in [-0.4, -0.2) is 31.7 Å². The molecule has 1 N–H and O–H groups in total. The van der Waals surface area contributed by atoms with Crippen LogP contribution >= 0.6 is 0 Å². The number of nitrogens with zero attached hydrogens (tertiary/aromatic N) is 5. The Balaban J connectivity index is 1.34. The maximum absolute atomic E-state index is 12.3. The zero-order valence-corrected chi connectivity index (χ0v) is 18.3. The summed E-state index contributed by atoms with van der Waals surface area (Å²) in [5.74, 6) is 0.243. The van der Waals surface area contributed by atoms with Crippen LogP contribution in [0.3, 0.4) is 0 Å². The largest absolute Gasteiger partial charge is 0.455 e. The fourth-order valence-electron chi connectivity index (χ4n) is 3.22. The molecule has 0 atom stereocenters. The molecule has 4 rings (SSSR count). The Bertz CT molecular complexity index is 1420. The second kappa shape index (κ2) is 9.79. The molecule has 2 aromatic heterocycles. The third-order valence-electron chi connectivity index (χ3n) is 5.05. The maximum atomic E-state index is 12.3. The van der Waals surface area contributed by atoms with Crippen LogP contribution in [-0.2, 0) is 6.54 Å². The number of aryl methyl sites for hydroxylation is 1. The molecule has 0 aliphatic heterocycles. The van der Waals surface area contributed by atoms with E-state index >= 15 is 0 Å². The average Bonchev–Trinajstić information content (AvgIpc) is 3.46. The van der Waals surface area contributed by atoms with E-state index in [1.165, 1.54) is 29.1 Å². The fourth-order valence-corrected chi connectivity index (χ4v) is 3.22. The quantitative estimate of drug-likeness (QED) is 0.229. The van der Waals surface area contributed by atoms with E-state index in [2.05, 4.69) is 15.6 Å². The summed E-state index contributed by atoms with van der Waals surface area (Å²) in [5.41, 5.74) is 4.91. The molecule has 2 heterocycles. The lowest BCUT2D eigenvalue weighted by Gasteiger charge is -2.03. The molecule has 0 aliphatic rings. The first kappa shape index (κ1) is 23.0. The number of nitro groups is 2. The summed E-state index contributed by atoms with van der Waals surface area (Å²) in [5, 5.41) is 29.5. The highest BCUT2D eigenvalue weighted by atomic mass is 16.6. The van der Waals surface area contributed by atoms with E-state index < -0.39 is 15.8 Å². The molecule has 2 aromatic carbocycles. The van der Waals surface area contributed by atoms with Crippen molar-refractivity contribution in [3.63, 3.8) is 0 Å². The zero-order valence-electron chi connectivity index (χ0n) is 18.3. The third kappa shape index (κ3) is 5.45. The summed E-state index contributed by atoms with van der Waals surface area (Å²) < 4.78 is 7.15. The summed E-state index contributed by atoms with van der Waals surface area (Å²) >= 11 is 0. The number of carbonyl (C=O) groups excluding carboxylic acids is 1. The lowest BCUT2D eigenvalue weighted by Crippen LogP contribution is -2.17. The predicted octanol–water partition coefficient (Wildman–Crippen LogP) is 4.08. The van der Waals surface area contributed by atoms with Gasteiger partial charge in [0, 0.05) is 23.3 Å². The lowest BCUT2D eigenvalue weighted by atomic mass is 10.1. The summed E-state index contributed by atoms with van der Waals surface area (Å²) in [6.45, 7) is 2.06. The number of hydrogen-bond donors (Lipinski definition) is 1. The number of furan rings is 1. The van der Waals surface area contributed by atoms with Crippen molar-refractivity contribution in [2.45, 2.75) is 13.5 Å². The summed E-state index contributed by atoms with van der Waals surface area (Å²) in [6, 6.07) is 17.4. The maximum Gasteiger partial charge on any atom is 0.390 e. The number of rotatable bonds is 8. The van der Waals surface area contributed by atoms with Gasteiger partial charge in [0.1, 0.15) is 11.5 Å². The van der Waals surface area contributed by atoms with Crippen LogP contribution in [0.4, 0.5) is 11.5 Å². The van der Waals surface area contributed by atoms with E-state index in [4.69, 9.17) is 4.42 Å². The van der Waals surface area contributed by atoms with Gasteiger partial charge in [-0.25, -0.2) is 5.43 Å². The van der Waals surface area contributed by atoms with Gasteiger partial charge in [0.15, 0.2) is 0 Å². The number of hydrogen-bond acceptors (Lipinski definition) is 8. The molecule has 12 heteroatoms.